The van der Waals surface area contributed by atoms with Gasteiger partial charge in [0, 0.05) is 12.0 Å². The number of ether oxygens (including phenoxy) is 4. The average molecular weight is 385 g/mol. The summed E-state index contributed by atoms with van der Waals surface area (Å²) in [6.07, 6.45) is 0.660. The largest absolute Gasteiger partial charge is 0.493 e. The molecule has 1 atom stereocenters. The number of hydrogen-bond acceptors (Lipinski definition) is 6. The van der Waals surface area contributed by atoms with E-state index in [1.165, 1.54) is 13.2 Å². The number of carbonyl (C=O) groups excluding carboxylic acids is 2. The predicted octanol–water partition coefficient (Wildman–Crippen LogP) is 2.89. The van der Waals surface area contributed by atoms with E-state index in [1.807, 2.05) is 31.2 Å². The van der Waals surface area contributed by atoms with Gasteiger partial charge in [-0.1, -0.05) is 18.2 Å². The van der Waals surface area contributed by atoms with Gasteiger partial charge in [-0.25, -0.2) is 4.79 Å². The Balaban J connectivity index is 1.57. The zero-order chi connectivity index (χ0) is 19.9. The van der Waals surface area contributed by atoms with Gasteiger partial charge in [0.05, 0.1) is 31.9 Å². The summed E-state index contributed by atoms with van der Waals surface area (Å²) in [4.78, 5) is 24.5. The molecule has 28 heavy (non-hydrogen) atoms. The normalized spacial score (nSPS) is 15.0. The SMILES string of the molecule is CCOc1ccc(C(=O)OCC(=O)N[C@H]2CCOc3ccccc32)cc1OC. The van der Waals surface area contributed by atoms with Gasteiger partial charge in [-0.15, -0.1) is 0 Å². The molecule has 0 bridgehead atoms. The fourth-order valence-electron chi connectivity index (χ4n) is 3.01. The van der Waals surface area contributed by atoms with Gasteiger partial charge in [0.2, 0.25) is 0 Å². The fourth-order valence-corrected chi connectivity index (χ4v) is 3.01. The van der Waals surface area contributed by atoms with E-state index in [0.717, 1.165) is 11.3 Å². The van der Waals surface area contributed by atoms with Crippen molar-refractivity contribution in [2.75, 3.05) is 26.9 Å². The van der Waals surface area contributed by atoms with Crippen LogP contribution in [-0.4, -0.2) is 38.8 Å². The minimum absolute atomic E-state index is 0.165. The number of para-hydroxylation sites is 1. The number of hydrogen-bond donors (Lipinski definition) is 1. The summed E-state index contributed by atoms with van der Waals surface area (Å²) >= 11 is 0. The number of methoxy groups -OCH3 is 1. The number of amides is 1. The number of fused-ring (bicyclic) bond motifs is 1. The maximum absolute atomic E-state index is 12.3. The second-order valence-corrected chi connectivity index (χ2v) is 6.17. The predicted molar refractivity (Wildman–Crippen MR) is 102 cm³/mol. The average Bonchev–Trinajstić information content (AvgIpc) is 2.73. The molecule has 1 N–H and O–H groups in total. The summed E-state index contributed by atoms with van der Waals surface area (Å²) in [6.45, 7) is 2.49. The van der Waals surface area contributed by atoms with Crippen LogP contribution in [0.3, 0.4) is 0 Å². The van der Waals surface area contributed by atoms with Gasteiger partial charge < -0.3 is 24.3 Å². The molecule has 0 unspecified atom stereocenters. The third kappa shape index (κ3) is 4.54. The second-order valence-electron chi connectivity index (χ2n) is 6.17. The molecule has 1 amide bonds. The Hall–Kier alpha value is -3.22. The lowest BCUT2D eigenvalue weighted by atomic mass is 10.0. The van der Waals surface area contributed by atoms with Crippen molar-refractivity contribution in [1.29, 1.82) is 0 Å². The van der Waals surface area contributed by atoms with Crippen molar-refractivity contribution < 1.29 is 28.5 Å². The van der Waals surface area contributed by atoms with E-state index in [2.05, 4.69) is 5.32 Å². The molecule has 0 saturated heterocycles. The summed E-state index contributed by atoms with van der Waals surface area (Å²) in [5.41, 5.74) is 1.20. The summed E-state index contributed by atoms with van der Waals surface area (Å²) in [5.74, 6) is 0.756. The maximum atomic E-state index is 12.3. The highest BCUT2D eigenvalue weighted by atomic mass is 16.5. The molecule has 0 radical (unpaired) electrons. The lowest BCUT2D eigenvalue weighted by molar-refractivity contribution is -0.125. The first kappa shape index (κ1) is 19.5. The van der Waals surface area contributed by atoms with E-state index in [9.17, 15) is 9.59 Å². The van der Waals surface area contributed by atoms with Crippen molar-refractivity contribution in [1.82, 2.24) is 5.32 Å². The van der Waals surface area contributed by atoms with Gasteiger partial charge in [0.15, 0.2) is 18.1 Å². The Kier molecular flexibility index (Phi) is 6.37. The van der Waals surface area contributed by atoms with E-state index in [4.69, 9.17) is 18.9 Å². The number of esters is 1. The third-order valence-corrected chi connectivity index (χ3v) is 4.33. The van der Waals surface area contributed by atoms with Crippen LogP contribution in [0.4, 0.5) is 0 Å². The molecule has 1 aliphatic rings. The zero-order valence-electron chi connectivity index (χ0n) is 15.9. The number of carbonyl (C=O) groups is 2. The Labute approximate surface area is 163 Å². The molecule has 7 heteroatoms. The van der Waals surface area contributed by atoms with Crippen molar-refractivity contribution in [3.05, 3.63) is 53.6 Å². The van der Waals surface area contributed by atoms with Crippen LogP contribution < -0.4 is 19.5 Å². The van der Waals surface area contributed by atoms with Crippen molar-refractivity contribution in [3.8, 4) is 17.2 Å². The molecule has 0 spiro atoms. The van der Waals surface area contributed by atoms with Crippen LogP contribution in [0.15, 0.2) is 42.5 Å². The summed E-state index contributed by atoms with van der Waals surface area (Å²) in [5, 5.41) is 2.89. The van der Waals surface area contributed by atoms with Gasteiger partial charge in [-0.2, -0.15) is 0 Å². The van der Waals surface area contributed by atoms with Crippen LogP contribution >= 0.6 is 0 Å². The minimum atomic E-state index is -0.608. The smallest absolute Gasteiger partial charge is 0.338 e. The molecule has 0 aliphatic carbocycles. The van der Waals surface area contributed by atoms with Gasteiger partial charge in [-0.05, 0) is 31.2 Å². The Morgan fingerprint density at radius 3 is 2.79 bits per heavy atom. The Morgan fingerprint density at radius 1 is 1.18 bits per heavy atom. The summed E-state index contributed by atoms with van der Waals surface area (Å²) < 4.78 is 21.4. The Bertz CT molecular complexity index is 851. The van der Waals surface area contributed by atoms with Crippen LogP contribution in [0.5, 0.6) is 17.2 Å². The lowest BCUT2D eigenvalue weighted by Crippen LogP contribution is -2.35. The molecule has 148 valence electrons. The van der Waals surface area contributed by atoms with Crippen LogP contribution in [0.2, 0.25) is 0 Å². The van der Waals surface area contributed by atoms with E-state index in [-0.39, 0.29) is 24.1 Å². The van der Waals surface area contributed by atoms with Crippen LogP contribution in [0, 0.1) is 0 Å². The standard InChI is InChI=1S/C21H23NO6/c1-3-26-18-9-8-14(12-19(18)25-2)21(24)28-13-20(23)22-16-10-11-27-17-7-5-4-6-15(16)17/h4-9,12,16H,3,10-11,13H2,1-2H3,(H,22,23)/t16-/m0/s1. The topological polar surface area (TPSA) is 83.1 Å². The molecular weight excluding hydrogens is 362 g/mol. The first-order valence-corrected chi connectivity index (χ1v) is 9.11. The van der Waals surface area contributed by atoms with Gasteiger partial charge in [-0.3, -0.25) is 4.79 Å². The summed E-state index contributed by atoms with van der Waals surface area (Å²) in [7, 11) is 1.49. The highest BCUT2D eigenvalue weighted by Gasteiger charge is 2.23. The number of rotatable bonds is 7. The first-order valence-electron chi connectivity index (χ1n) is 9.11. The third-order valence-electron chi connectivity index (χ3n) is 4.33. The van der Waals surface area contributed by atoms with Gasteiger partial charge in [0.25, 0.3) is 5.91 Å². The van der Waals surface area contributed by atoms with Crippen molar-refractivity contribution in [2.45, 2.75) is 19.4 Å². The molecule has 0 saturated carbocycles. The molecule has 1 aliphatic heterocycles. The monoisotopic (exact) mass is 385 g/mol. The van der Waals surface area contributed by atoms with Crippen LogP contribution in [0.1, 0.15) is 35.3 Å². The lowest BCUT2D eigenvalue weighted by Gasteiger charge is -2.26. The zero-order valence-corrected chi connectivity index (χ0v) is 15.9. The van der Waals surface area contributed by atoms with Crippen LogP contribution in [-0.2, 0) is 9.53 Å². The van der Waals surface area contributed by atoms with Crippen molar-refractivity contribution in [2.24, 2.45) is 0 Å². The Morgan fingerprint density at radius 2 is 2.00 bits per heavy atom. The van der Waals surface area contributed by atoms with E-state index in [1.54, 1.807) is 12.1 Å². The first-order chi connectivity index (χ1) is 13.6. The number of nitrogens with one attached hydrogen (secondary N) is 1. The fraction of sp³-hybridized carbons (Fsp3) is 0.333. The van der Waals surface area contributed by atoms with Gasteiger partial charge >= 0.3 is 5.97 Å². The van der Waals surface area contributed by atoms with Gasteiger partial charge in [0.1, 0.15) is 5.75 Å². The molecule has 0 aromatic heterocycles. The van der Waals surface area contributed by atoms with E-state index < -0.39 is 5.97 Å². The van der Waals surface area contributed by atoms with Crippen molar-refractivity contribution >= 4 is 11.9 Å². The molecular formula is C21H23NO6. The van der Waals surface area contributed by atoms with Crippen molar-refractivity contribution in [3.63, 3.8) is 0 Å². The quantitative estimate of drug-likeness (QED) is 0.738. The molecule has 2 aromatic carbocycles. The van der Waals surface area contributed by atoms with Crippen LogP contribution in [0.25, 0.3) is 0 Å². The molecule has 1 heterocycles. The minimum Gasteiger partial charge on any atom is -0.493 e. The second kappa shape index (κ2) is 9.12. The molecule has 3 rings (SSSR count). The molecule has 0 fully saturated rings. The highest BCUT2D eigenvalue weighted by molar-refractivity contribution is 5.92. The number of benzene rings is 2. The molecule has 7 nitrogen and oxygen atoms in total. The summed E-state index contributed by atoms with van der Waals surface area (Å²) in [6, 6.07) is 12.1. The van der Waals surface area contributed by atoms with E-state index in [0.29, 0.717) is 31.1 Å². The highest BCUT2D eigenvalue weighted by Crippen LogP contribution is 2.31. The maximum Gasteiger partial charge on any atom is 0.338 e. The molecule has 2 aromatic rings. The van der Waals surface area contributed by atoms with E-state index >= 15 is 0 Å².